The maximum atomic E-state index is 13.3. The summed E-state index contributed by atoms with van der Waals surface area (Å²) in [6.45, 7) is 2.18. The summed E-state index contributed by atoms with van der Waals surface area (Å²) in [5.41, 5.74) is 2.60. The van der Waals surface area contributed by atoms with Gasteiger partial charge in [-0.05, 0) is 55.4 Å². The van der Waals surface area contributed by atoms with Crippen LogP contribution in [0, 0.1) is 17.3 Å². The molecule has 31 heavy (non-hydrogen) atoms. The number of amides is 2. The van der Waals surface area contributed by atoms with Gasteiger partial charge in [-0.15, -0.1) is 0 Å². The number of carbonyl (C=O) groups excluding carboxylic acids is 2. The molecule has 3 aliphatic carbocycles. The summed E-state index contributed by atoms with van der Waals surface area (Å²) in [5, 5.41) is 9.93. The highest BCUT2D eigenvalue weighted by molar-refractivity contribution is 6.02. The number of aromatic amines is 1. The molecule has 2 heterocycles. The summed E-state index contributed by atoms with van der Waals surface area (Å²) in [5.74, 6) is 0.528. The zero-order valence-corrected chi connectivity index (χ0v) is 17.4. The summed E-state index contributed by atoms with van der Waals surface area (Å²) in [6, 6.07) is 15.4. The molecule has 3 aromatic rings. The maximum absolute atomic E-state index is 13.3. The number of nitrogens with zero attached hydrogens (tertiary/aromatic N) is 1. The summed E-state index contributed by atoms with van der Waals surface area (Å²) < 4.78 is 0. The van der Waals surface area contributed by atoms with Gasteiger partial charge in [-0.1, -0.05) is 31.2 Å². The van der Waals surface area contributed by atoms with Crippen LogP contribution in [0.4, 0.5) is 11.6 Å². The number of nitrogens with one attached hydrogen (secondary N) is 4. The van der Waals surface area contributed by atoms with E-state index in [4.69, 9.17) is 0 Å². The second-order valence-corrected chi connectivity index (χ2v) is 9.54. The SMILES string of the molecule is C[C@@]12CC[C@@H](C[C@@H]1C(=O)Nc1nc3ccccc3[nH]1)[C@]1(C2)NC(=O)c2ccccc2N1. The predicted molar refractivity (Wildman–Crippen MR) is 119 cm³/mol. The summed E-state index contributed by atoms with van der Waals surface area (Å²) in [6.07, 6.45) is 3.41. The molecular weight excluding hydrogens is 390 g/mol. The second kappa shape index (κ2) is 6.33. The van der Waals surface area contributed by atoms with E-state index < -0.39 is 5.66 Å². The van der Waals surface area contributed by atoms with Gasteiger partial charge in [0.05, 0.1) is 16.6 Å². The topological polar surface area (TPSA) is 98.9 Å². The number of hydrogen-bond donors (Lipinski definition) is 4. The van der Waals surface area contributed by atoms with Crippen molar-refractivity contribution in [3.05, 3.63) is 54.1 Å². The predicted octanol–water partition coefficient (Wildman–Crippen LogP) is 3.88. The lowest BCUT2D eigenvalue weighted by molar-refractivity contribution is -0.134. The van der Waals surface area contributed by atoms with E-state index in [1.54, 1.807) is 0 Å². The lowest BCUT2D eigenvalue weighted by Gasteiger charge is -2.60. The Morgan fingerprint density at radius 2 is 1.94 bits per heavy atom. The molecule has 4 aliphatic rings. The lowest BCUT2D eigenvalue weighted by atomic mass is 9.51. The van der Waals surface area contributed by atoms with Gasteiger partial charge in [0.2, 0.25) is 11.9 Å². The Morgan fingerprint density at radius 3 is 2.77 bits per heavy atom. The Bertz CT molecular complexity index is 1190. The zero-order chi connectivity index (χ0) is 21.2. The van der Waals surface area contributed by atoms with Crippen LogP contribution in [0.25, 0.3) is 11.0 Å². The number of para-hydroxylation sites is 3. The fraction of sp³-hybridized carbons (Fsp3) is 0.375. The first-order chi connectivity index (χ1) is 15.0. The minimum atomic E-state index is -0.491. The first-order valence-electron chi connectivity index (χ1n) is 10.9. The molecule has 7 rings (SSSR count). The second-order valence-electron chi connectivity index (χ2n) is 9.54. The molecule has 158 valence electrons. The van der Waals surface area contributed by atoms with Gasteiger partial charge in [0.1, 0.15) is 5.66 Å². The zero-order valence-electron chi connectivity index (χ0n) is 17.4. The van der Waals surface area contributed by atoms with Crippen LogP contribution in [0.3, 0.4) is 0 Å². The number of rotatable bonds is 2. The minimum absolute atomic E-state index is 0.00337. The van der Waals surface area contributed by atoms with Crippen LogP contribution in [0.1, 0.15) is 43.0 Å². The van der Waals surface area contributed by atoms with Crippen molar-refractivity contribution in [2.45, 2.75) is 38.3 Å². The third-order valence-electron chi connectivity index (χ3n) is 7.62. The molecule has 0 radical (unpaired) electrons. The summed E-state index contributed by atoms with van der Waals surface area (Å²) in [7, 11) is 0. The number of carbonyl (C=O) groups is 2. The summed E-state index contributed by atoms with van der Waals surface area (Å²) >= 11 is 0. The fourth-order valence-electron chi connectivity index (χ4n) is 6.07. The number of aromatic nitrogens is 2. The van der Waals surface area contributed by atoms with E-state index in [1.165, 1.54) is 0 Å². The number of anilines is 2. The maximum Gasteiger partial charge on any atom is 0.255 e. The average Bonchev–Trinajstić information content (AvgIpc) is 3.15. The van der Waals surface area contributed by atoms with E-state index in [-0.39, 0.29) is 29.1 Å². The molecule has 4 atom stereocenters. The average molecular weight is 415 g/mol. The molecule has 1 spiro atoms. The van der Waals surface area contributed by atoms with E-state index >= 15 is 0 Å². The van der Waals surface area contributed by atoms with E-state index in [9.17, 15) is 9.59 Å². The normalized spacial score (nSPS) is 31.2. The third kappa shape index (κ3) is 2.76. The van der Waals surface area contributed by atoms with Crippen LogP contribution >= 0.6 is 0 Å². The molecular formula is C24H25N5O2. The van der Waals surface area contributed by atoms with Crippen LogP contribution in [0.5, 0.6) is 0 Å². The Labute approximate surface area is 180 Å². The smallest absolute Gasteiger partial charge is 0.255 e. The van der Waals surface area contributed by atoms with Gasteiger partial charge in [-0.25, -0.2) is 4.98 Å². The van der Waals surface area contributed by atoms with Crippen LogP contribution in [-0.4, -0.2) is 27.4 Å². The fourth-order valence-corrected chi connectivity index (χ4v) is 6.07. The van der Waals surface area contributed by atoms with Gasteiger partial charge in [0.15, 0.2) is 0 Å². The standard InChI is InChI=1S/C24H25N5O2/c1-23-11-10-14(24(13-23)28-17-7-3-2-6-15(17)20(30)29-24)12-16(23)21(31)27-22-25-18-8-4-5-9-19(18)26-22/h2-9,14,16,28H,10-13H2,1H3,(H,29,30)(H2,25,26,27,31)/t14-,16+,23-,24-/m0/s1. The Morgan fingerprint density at radius 1 is 1.13 bits per heavy atom. The lowest BCUT2D eigenvalue weighted by Crippen LogP contribution is -2.70. The van der Waals surface area contributed by atoms with Gasteiger partial charge >= 0.3 is 0 Å². The molecule has 3 fully saturated rings. The van der Waals surface area contributed by atoms with Gasteiger partial charge < -0.3 is 15.6 Å². The van der Waals surface area contributed by atoms with Crippen molar-refractivity contribution in [1.82, 2.24) is 15.3 Å². The van der Waals surface area contributed by atoms with Gasteiger partial charge in [0, 0.05) is 17.5 Å². The van der Waals surface area contributed by atoms with Crippen molar-refractivity contribution in [2.75, 3.05) is 10.6 Å². The Hall–Kier alpha value is -3.35. The van der Waals surface area contributed by atoms with Crippen LogP contribution in [0.15, 0.2) is 48.5 Å². The molecule has 2 amide bonds. The number of imidazole rings is 1. The number of benzene rings is 2. The quantitative estimate of drug-likeness (QED) is 0.510. The van der Waals surface area contributed by atoms with Crippen LogP contribution in [0.2, 0.25) is 0 Å². The van der Waals surface area contributed by atoms with Gasteiger partial charge in [-0.3, -0.25) is 14.9 Å². The largest absolute Gasteiger partial charge is 0.362 e. The molecule has 1 aliphatic heterocycles. The number of fused-ring (bicyclic) bond motifs is 4. The third-order valence-corrected chi connectivity index (χ3v) is 7.62. The van der Waals surface area contributed by atoms with E-state index in [0.717, 1.165) is 42.4 Å². The van der Waals surface area contributed by atoms with Crippen molar-refractivity contribution in [3.63, 3.8) is 0 Å². The van der Waals surface area contributed by atoms with E-state index in [0.29, 0.717) is 11.5 Å². The van der Waals surface area contributed by atoms with Crippen LogP contribution < -0.4 is 16.0 Å². The summed E-state index contributed by atoms with van der Waals surface area (Å²) in [4.78, 5) is 33.8. The highest BCUT2D eigenvalue weighted by atomic mass is 16.2. The number of H-pyrrole nitrogens is 1. The molecule has 7 heteroatoms. The van der Waals surface area contributed by atoms with Crippen molar-refractivity contribution in [1.29, 1.82) is 0 Å². The first-order valence-corrected chi connectivity index (χ1v) is 10.9. The molecule has 0 unspecified atom stereocenters. The molecule has 0 saturated heterocycles. The highest BCUT2D eigenvalue weighted by Crippen LogP contribution is 2.58. The molecule has 1 aromatic heterocycles. The Balaban J connectivity index is 1.26. The van der Waals surface area contributed by atoms with Crippen molar-refractivity contribution < 1.29 is 9.59 Å². The molecule has 3 saturated carbocycles. The van der Waals surface area contributed by atoms with Gasteiger partial charge in [0.25, 0.3) is 5.91 Å². The van der Waals surface area contributed by atoms with E-state index in [2.05, 4.69) is 32.8 Å². The molecule has 7 nitrogen and oxygen atoms in total. The molecule has 2 aromatic carbocycles. The first kappa shape index (κ1) is 18.4. The van der Waals surface area contributed by atoms with Crippen molar-refractivity contribution >= 4 is 34.5 Å². The number of hydrogen-bond acceptors (Lipinski definition) is 4. The van der Waals surface area contributed by atoms with Crippen molar-refractivity contribution in [3.8, 4) is 0 Å². The van der Waals surface area contributed by atoms with Crippen LogP contribution in [-0.2, 0) is 4.79 Å². The van der Waals surface area contributed by atoms with Crippen molar-refractivity contribution in [2.24, 2.45) is 17.3 Å². The minimum Gasteiger partial charge on any atom is -0.362 e. The molecule has 4 N–H and O–H groups in total. The van der Waals surface area contributed by atoms with Gasteiger partial charge in [-0.2, -0.15) is 0 Å². The highest BCUT2D eigenvalue weighted by Gasteiger charge is 2.60. The Kier molecular flexibility index (Phi) is 3.76. The monoisotopic (exact) mass is 415 g/mol. The molecule has 2 bridgehead atoms. The van der Waals surface area contributed by atoms with E-state index in [1.807, 2.05) is 48.5 Å².